The Morgan fingerprint density at radius 1 is 1.04 bits per heavy atom. The third-order valence-electron chi connectivity index (χ3n) is 2.29. The van der Waals surface area contributed by atoms with Crippen LogP contribution in [0.3, 0.4) is 0 Å². The van der Waals surface area contributed by atoms with E-state index in [-0.39, 0.29) is 24.6 Å². The molecular formula is C19H20O4. The van der Waals surface area contributed by atoms with Crippen molar-refractivity contribution < 1.29 is 19.1 Å². The molecule has 4 heteroatoms. The second-order valence-electron chi connectivity index (χ2n) is 4.28. The van der Waals surface area contributed by atoms with Gasteiger partial charge in [-0.3, -0.25) is 9.59 Å². The first-order valence-corrected chi connectivity index (χ1v) is 7.10. The van der Waals surface area contributed by atoms with E-state index in [9.17, 15) is 9.59 Å². The lowest BCUT2D eigenvalue weighted by Crippen LogP contribution is -2.18. The summed E-state index contributed by atoms with van der Waals surface area (Å²) in [5.41, 5.74) is 0. The maximum absolute atomic E-state index is 11.0. The van der Waals surface area contributed by atoms with Gasteiger partial charge >= 0.3 is 11.9 Å². The second-order valence-corrected chi connectivity index (χ2v) is 4.28. The molecule has 23 heavy (non-hydrogen) atoms. The van der Waals surface area contributed by atoms with Gasteiger partial charge in [-0.15, -0.1) is 0 Å². The number of esters is 2. The molecule has 0 saturated heterocycles. The monoisotopic (exact) mass is 312 g/mol. The zero-order valence-electron chi connectivity index (χ0n) is 13.6. The molecular weight excluding hydrogens is 292 g/mol. The van der Waals surface area contributed by atoms with Gasteiger partial charge in [-0.2, -0.15) is 0 Å². The van der Waals surface area contributed by atoms with Gasteiger partial charge in [-0.05, 0) is 36.7 Å². The molecule has 0 aromatic rings. The van der Waals surface area contributed by atoms with Crippen molar-refractivity contribution in [1.29, 1.82) is 0 Å². The molecule has 0 fully saturated rings. The summed E-state index contributed by atoms with van der Waals surface area (Å²) in [7, 11) is 0. The molecule has 0 aromatic carbocycles. The van der Waals surface area contributed by atoms with E-state index >= 15 is 0 Å². The Labute approximate surface area is 137 Å². The van der Waals surface area contributed by atoms with Crippen molar-refractivity contribution in [2.45, 2.75) is 39.7 Å². The fourth-order valence-electron chi connectivity index (χ4n) is 1.41. The smallest absolute Gasteiger partial charge is 0.302 e. The minimum atomic E-state index is -0.360. The highest BCUT2D eigenvalue weighted by atomic mass is 16.6. The van der Waals surface area contributed by atoms with E-state index in [1.54, 1.807) is 25.2 Å². The van der Waals surface area contributed by atoms with Crippen LogP contribution in [0.15, 0.2) is 24.3 Å². The molecule has 0 saturated carbocycles. The van der Waals surface area contributed by atoms with E-state index in [4.69, 9.17) is 9.47 Å². The van der Waals surface area contributed by atoms with Crippen LogP contribution in [0, 0.1) is 35.5 Å². The molecule has 0 aliphatic heterocycles. The summed E-state index contributed by atoms with van der Waals surface area (Å²) in [6.45, 7) is 4.62. The first-order valence-electron chi connectivity index (χ1n) is 7.10. The Kier molecular flexibility index (Phi) is 12.3. The van der Waals surface area contributed by atoms with Crippen molar-refractivity contribution in [3.63, 3.8) is 0 Å². The van der Waals surface area contributed by atoms with E-state index < -0.39 is 0 Å². The molecule has 0 rings (SSSR count). The molecule has 1 atom stereocenters. The largest absolute Gasteiger partial charge is 0.466 e. The number of ether oxygens (including phenoxy) is 2. The van der Waals surface area contributed by atoms with Gasteiger partial charge in [0.15, 0.2) is 0 Å². The molecule has 0 radical (unpaired) electrons. The first kappa shape index (κ1) is 20.1. The van der Waals surface area contributed by atoms with Gasteiger partial charge in [0.25, 0.3) is 0 Å². The average Bonchev–Trinajstić information content (AvgIpc) is 2.48. The number of allylic oxidation sites excluding steroid dienone is 3. The first-order chi connectivity index (χ1) is 11.1. The van der Waals surface area contributed by atoms with Crippen LogP contribution in [0.4, 0.5) is 0 Å². The van der Waals surface area contributed by atoms with Crippen LogP contribution in [-0.2, 0) is 19.1 Å². The summed E-state index contributed by atoms with van der Waals surface area (Å²) in [4.78, 5) is 21.7. The van der Waals surface area contributed by atoms with Crippen molar-refractivity contribution in [1.82, 2.24) is 0 Å². The third-order valence-corrected chi connectivity index (χ3v) is 2.29. The van der Waals surface area contributed by atoms with Crippen molar-refractivity contribution in [3.05, 3.63) is 24.3 Å². The maximum atomic E-state index is 11.0. The van der Waals surface area contributed by atoms with Crippen LogP contribution in [0.25, 0.3) is 0 Å². The molecule has 0 aromatic heterocycles. The van der Waals surface area contributed by atoms with Crippen molar-refractivity contribution >= 4 is 11.9 Å². The molecule has 120 valence electrons. The van der Waals surface area contributed by atoms with E-state index in [2.05, 4.69) is 35.5 Å². The summed E-state index contributed by atoms with van der Waals surface area (Å²) in [6.07, 6.45) is 7.75. The lowest BCUT2D eigenvalue weighted by Gasteiger charge is -2.14. The second kappa shape index (κ2) is 14.1. The minimum Gasteiger partial charge on any atom is -0.466 e. The molecule has 0 aliphatic rings. The number of hydrogen-bond donors (Lipinski definition) is 0. The van der Waals surface area contributed by atoms with Crippen molar-refractivity contribution in [2.75, 3.05) is 6.61 Å². The Balaban J connectivity index is 4.26. The zero-order chi connectivity index (χ0) is 17.3. The summed E-state index contributed by atoms with van der Waals surface area (Å²) >= 11 is 0. The number of rotatable bonds is 7. The van der Waals surface area contributed by atoms with Gasteiger partial charge in [0.2, 0.25) is 0 Å². The predicted molar refractivity (Wildman–Crippen MR) is 88.7 cm³/mol. The lowest BCUT2D eigenvalue weighted by atomic mass is 10.2. The highest BCUT2D eigenvalue weighted by molar-refractivity contribution is 5.66. The van der Waals surface area contributed by atoms with Gasteiger partial charge in [-0.25, -0.2) is 0 Å². The summed E-state index contributed by atoms with van der Waals surface area (Å²) < 4.78 is 9.99. The molecule has 0 bridgehead atoms. The summed E-state index contributed by atoms with van der Waals surface area (Å²) in [5, 5.41) is 0. The van der Waals surface area contributed by atoms with Crippen LogP contribution >= 0.6 is 0 Å². The average molecular weight is 312 g/mol. The molecule has 0 N–H and O–H groups in total. The molecule has 0 spiro atoms. The van der Waals surface area contributed by atoms with Gasteiger partial charge in [0, 0.05) is 26.7 Å². The van der Waals surface area contributed by atoms with E-state index in [0.717, 1.165) is 0 Å². The number of carbonyl (C=O) groups excluding carboxylic acids is 2. The van der Waals surface area contributed by atoms with E-state index in [0.29, 0.717) is 12.8 Å². The van der Waals surface area contributed by atoms with E-state index in [1.807, 2.05) is 6.08 Å². The molecule has 0 heterocycles. The molecule has 0 aliphatic carbocycles. The predicted octanol–water partition coefficient (Wildman–Crippen LogP) is 2.40. The SMILES string of the molecule is CC#CC#CC#C/C=C/C=C/C[C@H](CCOC(C)=O)OC(C)=O. The fourth-order valence-corrected chi connectivity index (χ4v) is 1.41. The highest BCUT2D eigenvalue weighted by Crippen LogP contribution is 2.06. The Morgan fingerprint density at radius 3 is 2.43 bits per heavy atom. The quantitative estimate of drug-likeness (QED) is 0.411. The summed E-state index contributed by atoms with van der Waals surface area (Å²) in [6, 6.07) is 0. The molecule has 4 nitrogen and oxygen atoms in total. The van der Waals surface area contributed by atoms with Crippen molar-refractivity contribution in [3.8, 4) is 35.5 Å². The lowest BCUT2D eigenvalue weighted by molar-refractivity contribution is -0.148. The van der Waals surface area contributed by atoms with Gasteiger partial charge in [0.05, 0.1) is 6.61 Å². The Hall–Kier alpha value is -2.90. The third kappa shape index (κ3) is 15.3. The van der Waals surface area contributed by atoms with Gasteiger partial charge in [-0.1, -0.05) is 30.1 Å². The van der Waals surface area contributed by atoms with Crippen LogP contribution in [0.1, 0.15) is 33.6 Å². The maximum Gasteiger partial charge on any atom is 0.302 e. The zero-order valence-corrected chi connectivity index (χ0v) is 13.6. The highest BCUT2D eigenvalue weighted by Gasteiger charge is 2.10. The van der Waals surface area contributed by atoms with Crippen molar-refractivity contribution in [2.24, 2.45) is 0 Å². The topological polar surface area (TPSA) is 52.6 Å². The van der Waals surface area contributed by atoms with Crippen LogP contribution in [0.2, 0.25) is 0 Å². The van der Waals surface area contributed by atoms with Crippen LogP contribution in [-0.4, -0.2) is 24.6 Å². The van der Waals surface area contributed by atoms with Gasteiger partial charge < -0.3 is 9.47 Å². The normalized spacial score (nSPS) is 10.6. The Morgan fingerprint density at radius 2 is 1.78 bits per heavy atom. The standard InChI is InChI=1S/C19H20O4/c1-4-5-6-7-8-9-10-11-12-13-14-19(23-18(3)21)15-16-22-17(2)20/h10-13,19H,14-16H2,1-3H3/b11-10+,13-12+/t19-/m1/s1. The Bertz CT molecular complexity index is 621. The molecule has 0 amide bonds. The van der Waals surface area contributed by atoms with Crippen LogP contribution < -0.4 is 0 Å². The van der Waals surface area contributed by atoms with Crippen LogP contribution in [0.5, 0.6) is 0 Å². The summed E-state index contributed by atoms with van der Waals surface area (Å²) in [5.74, 6) is 15.1. The number of carbonyl (C=O) groups is 2. The van der Waals surface area contributed by atoms with Gasteiger partial charge in [0.1, 0.15) is 6.10 Å². The number of hydrogen-bond acceptors (Lipinski definition) is 4. The molecule has 0 unspecified atom stereocenters. The van der Waals surface area contributed by atoms with E-state index in [1.165, 1.54) is 13.8 Å². The minimum absolute atomic E-state index is 0.224. The fraction of sp³-hybridized carbons (Fsp3) is 0.368.